The molecule has 1 aromatic carbocycles. The SMILES string of the molecule is O=S1(=O)CCCCN1c1nc(-c2nnc(Cc3ccc(F)cc3)o2)c([O-])c2ncccc12.[Na+]. The molecule has 4 heterocycles. The number of sulfonamides is 1. The molecule has 1 fully saturated rings. The molecule has 12 heteroatoms. The molecule has 5 rings (SSSR count). The van der Waals surface area contributed by atoms with Gasteiger partial charge in [0.1, 0.15) is 11.5 Å². The molecular formula is C21H17FN5NaO4S. The summed E-state index contributed by atoms with van der Waals surface area (Å²) in [5, 5.41) is 21.3. The minimum atomic E-state index is -3.58. The number of aromatic nitrogens is 4. The summed E-state index contributed by atoms with van der Waals surface area (Å²) in [6.07, 6.45) is 2.94. The van der Waals surface area contributed by atoms with Crippen molar-refractivity contribution >= 4 is 26.7 Å². The van der Waals surface area contributed by atoms with Gasteiger partial charge in [-0.05, 0) is 48.4 Å². The largest absolute Gasteiger partial charge is 1.00 e. The fourth-order valence-corrected chi connectivity index (χ4v) is 5.25. The van der Waals surface area contributed by atoms with Crippen LogP contribution in [0.25, 0.3) is 22.5 Å². The molecule has 0 saturated carbocycles. The predicted octanol–water partition coefficient (Wildman–Crippen LogP) is -0.583. The molecule has 33 heavy (non-hydrogen) atoms. The van der Waals surface area contributed by atoms with Gasteiger partial charge in [-0.25, -0.2) is 17.8 Å². The Labute approximate surface area is 211 Å². The third kappa shape index (κ3) is 4.58. The summed E-state index contributed by atoms with van der Waals surface area (Å²) in [7, 11) is -3.58. The van der Waals surface area contributed by atoms with Gasteiger partial charge in [-0.3, -0.25) is 9.29 Å². The molecule has 0 atom stereocenters. The van der Waals surface area contributed by atoms with E-state index in [2.05, 4.69) is 20.2 Å². The van der Waals surface area contributed by atoms with Gasteiger partial charge in [-0.1, -0.05) is 12.1 Å². The van der Waals surface area contributed by atoms with Gasteiger partial charge < -0.3 is 9.52 Å². The number of hydrogen-bond acceptors (Lipinski definition) is 8. The first-order valence-corrected chi connectivity index (χ1v) is 11.6. The van der Waals surface area contributed by atoms with Gasteiger partial charge in [-0.2, -0.15) is 0 Å². The Morgan fingerprint density at radius 2 is 1.91 bits per heavy atom. The first-order chi connectivity index (χ1) is 15.4. The quantitative estimate of drug-likeness (QED) is 0.358. The minimum absolute atomic E-state index is 0. The molecular weight excluding hydrogens is 460 g/mol. The van der Waals surface area contributed by atoms with Gasteiger partial charge >= 0.3 is 29.6 Å². The zero-order chi connectivity index (χ0) is 22.3. The van der Waals surface area contributed by atoms with Gasteiger partial charge in [0.15, 0.2) is 5.82 Å². The van der Waals surface area contributed by atoms with E-state index in [-0.39, 0.29) is 82.9 Å². The first-order valence-electron chi connectivity index (χ1n) is 9.96. The van der Waals surface area contributed by atoms with Gasteiger partial charge in [0.25, 0.3) is 5.89 Å². The maximum absolute atomic E-state index is 13.1. The van der Waals surface area contributed by atoms with Crippen LogP contribution in [0.1, 0.15) is 24.3 Å². The molecule has 0 unspecified atom stereocenters. The van der Waals surface area contributed by atoms with Gasteiger partial charge in [0.2, 0.25) is 15.9 Å². The van der Waals surface area contributed by atoms with Crippen LogP contribution in [-0.2, 0) is 16.4 Å². The summed E-state index contributed by atoms with van der Waals surface area (Å²) < 4.78 is 45.4. The van der Waals surface area contributed by atoms with Crippen molar-refractivity contribution in [2.45, 2.75) is 19.3 Å². The van der Waals surface area contributed by atoms with Crippen molar-refractivity contribution in [3.8, 4) is 17.3 Å². The molecule has 3 aromatic heterocycles. The van der Waals surface area contributed by atoms with Crippen molar-refractivity contribution in [2.24, 2.45) is 0 Å². The van der Waals surface area contributed by atoms with Gasteiger partial charge in [0.05, 0.1) is 17.7 Å². The zero-order valence-electron chi connectivity index (χ0n) is 17.7. The Bertz CT molecular complexity index is 1410. The predicted molar refractivity (Wildman–Crippen MR) is 112 cm³/mol. The second kappa shape index (κ2) is 9.34. The fourth-order valence-electron chi connectivity index (χ4n) is 3.66. The number of halogens is 1. The third-order valence-corrected chi connectivity index (χ3v) is 7.05. The van der Waals surface area contributed by atoms with Crippen LogP contribution in [0.3, 0.4) is 0 Å². The number of benzene rings is 1. The molecule has 164 valence electrons. The van der Waals surface area contributed by atoms with Gasteiger partial charge in [-0.15, -0.1) is 10.2 Å². The molecule has 0 aliphatic carbocycles. The van der Waals surface area contributed by atoms with E-state index in [1.165, 1.54) is 22.6 Å². The van der Waals surface area contributed by atoms with E-state index >= 15 is 0 Å². The van der Waals surface area contributed by atoms with E-state index < -0.39 is 15.8 Å². The van der Waals surface area contributed by atoms with E-state index in [0.29, 0.717) is 18.2 Å². The first kappa shape index (κ1) is 23.6. The summed E-state index contributed by atoms with van der Waals surface area (Å²) in [5.74, 6) is -0.676. The zero-order valence-corrected chi connectivity index (χ0v) is 20.5. The van der Waals surface area contributed by atoms with Crippen molar-refractivity contribution in [1.82, 2.24) is 20.2 Å². The summed E-state index contributed by atoms with van der Waals surface area (Å²) in [4.78, 5) is 8.52. The molecule has 1 saturated heterocycles. The Balaban J connectivity index is 0.00000259. The van der Waals surface area contributed by atoms with E-state index in [1.807, 2.05) is 0 Å². The van der Waals surface area contributed by atoms with Crippen LogP contribution in [0.4, 0.5) is 10.2 Å². The summed E-state index contributed by atoms with van der Waals surface area (Å²) in [6, 6.07) is 9.07. The Kier molecular flexibility index (Phi) is 6.66. The average molecular weight is 477 g/mol. The molecule has 1 aliphatic rings. The van der Waals surface area contributed by atoms with Crippen molar-refractivity contribution < 1.29 is 51.9 Å². The minimum Gasteiger partial charge on any atom is -0.869 e. The van der Waals surface area contributed by atoms with E-state index in [0.717, 1.165) is 5.56 Å². The van der Waals surface area contributed by atoms with Crippen molar-refractivity contribution in [1.29, 1.82) is 0 Å². The summed E-state index contributed by atoms with van der Waals surface area (Å²) >= 11 is 0. The molecule has 0 N–H and O–H groups in total. The maximum atomic E-state index is 13.1. The molecule has 0 spiro atoms. The van der Waals surface area contributed by atoms with E-state index in [1.54, 1.807) is 24.3 Å². The van der Waals surface area contributed by atoms with Crippen LogP contribution in [0.5, 0.6) is 5.75 Å². The number of nitrogens with zero attached hydrogens (tertiary/aromatic N) is 5. The Hall–Kier alpha value is -2.60. The van der Waals surface area contributed by atoms with Crippen LogP contribution in [0.2, 0.25) is 0 Å². The van der Waals surface area contributed by atoms with Gasteiger partial charge in [0, 0.05) is 18.1 Å². The second-order valence-corrected chi connectivity index (χ2v) is 9.43. The smallest absolute Gasteiger partial charge is 0.869 e. The third-order valence-electron chi connectivity index (χ3n) is 5.22. The van der Waals surface area contributed by atoms with Crippen LogP contribution in [0.15, 0.2) is 47.0 Å². The number of hydrogen-bond donors (Lipinski definition) is 0. The van der Waals surface area contributed by atoms with E-state index in [4.69, 9.17) is 4.42 Å². The van der Waals surface area contributed by atoms with Crippen LogP contribution in [-0.4, -0.2) is 40.9 Å². The maximum Gasteiger partial charge on any atom is 1.00 e. The standard InChI is InChI=1S/C21H18FN5O4S.Na/c22-14-7-5-13(6-8-14)12-16-25-26-21(31-16)18-19(28)17-15(4-3-9-23-17)20(24-18)27-10-1-2-11-32(27,29)30;/h3-9,28H,1-2,10-12H2;/q;+1/p-1. The van der Waals surface area contributed by atoms with E-state index in [9.17, 15) is 17.9 Å². The topological polar surface area (TPSA) is 125 Å². The number of rotatable bonds is 4. The van der Waals surface area contributed by atoms with Crippen molar-refractivity contribution in [3.63, 3.8) is 0 Å². The van der Waals surface area contributed by atoms with Crippen LogP contribution < -0.4 is 39.0 Å². The van der Waals surface area contributed by atoms with Crippen LogP contribution >= 0.6 is 0 Å². The average Bonchev–Trinajstić information content (AvgIpc) is 3.24. The summed E-state index contributed by atoms with van der Waals surface area (Å²) in [5.41, 5.74) is 0.661. The number of anilines is 1. The normalized spacial score (nSPS) is 15.4. The fraction of sp³-hybridized carbons (Fsp3) is 0.238. The van der Waals surface area contributed by atoms with Crippen molar-refractivity contribution in [3.05, 3.63) is 59.9 Å². The number of pyridine rings is 2. The molecule has 9 nitrogen and oxygen atoms in total. The molecule has 0 amide bonds. The molecule has 1 aliphatic heterocycles. The summed E-state index contributed by atoms with van der Waals surface area (Å²) in [6.45, 7) is 0.261. The monoisotopic (exact) mass is 477 g/mol. The van der Waals surface area contributed by atoms with Crippen LogP contribution in [0, 0.1) is 5.82 Å². The molecule has 4 aromatic rings. The number of fused-ring (bicyclic) bond motifs is 1. The second-order valence-electron chi connectivity index (χ2n) is 7.41. The van der Waals surface area contributed by atoms with Crippen molar-refractivity contribution in [2.75, 3.05) is 16.6 Å². The molecule has 0 radical (unpaired) electrons. The Morgan fingerprint density at radius 3 is 2.67 bits per heavy atom. The molecule has 0 bridgehead atoms. The Morgan fingerprint density at radius 1 is 1.12 bits per heavy atom.